The molecule has 0 saturated heterocycles. The summed E-state index contributed by atoms with van der Waals surface area (Å²) in [4.78, 5) is 32.5. The van der Waals surface area contributed by atoms with Crippen molar-refractivity contribution >= 4 is 17.8 Å². The second kappa shape index (κ2) is 11.4. The van der Waals surface area contributed by atoms with Crippen LogP contribution in [-0.4, -0.2) is 53.6 Å². The van der Waals surface area contributed by atoms with Crippen LogP contribution in [0.25, 0.3) is 16.9 Å². The average Bonchev–Trinajstić information content (AvgIpc) is 3.69. The van der Waals surface area contributed by atoms with Gasteiger partial charge in [-0.05, 0) is 79.4 Å². The first-order chi connectivity index (χ1) is 18.9. The number of benzene rings is 3. The smallest absolute Gasteiger partial charge is 0.257 e. The van der Waals surface area contributed by atoms with E-state index in [9.17, 15) is 14.0 Å². The summed E-state index contributed by atoms with van der Waals surface area (Å²) in [5.41, 5.74) is 2.19. The van der Waals surface area contributed by atoms with Crippen LogP contribution in [0.3, 0.4) is 0 Å². The fourth-order valence-corrected chi connectivity index (χ4v) is 4.28. The molecule has 0 atom stereocenters. The highest BCUT2D eigenvalue weighted by atomic mass is 19.1. The van der Waals surface area contributed by atoms with Crippen LogP contribution in [0.2, 0.25) is 0 Å². The molecule has 1 aliphatic carbocycles. The summed E-state index contributed by atoms with van der Waals surface area (Å²) in [7, 11) is 3.19. The number of rotatable bonds is 10. The Morgan fingerprint density at radius 2 is 1.62 bits per heavy atom. The van der Waals surface area contributed by atoms with Gasteiger partial charge in [-0.3, -0.25) is 19.5 Å². The van der Waals surface area contributed by atoms with Gasteiger partial charge in [-0.25, -0.2) is 9.37 Å². The number of carbonyl (C=O) groups excluding carboxylic acids is 2. The van der Waals surface area contributed by atoms with Gasteiger partial charge in [-0.2, -0.15) is 0 Å². The highest BCUT2D eigenvalue weighted by Crippen LogP contribution is 2.31. The number of ether oxygens (including phenoxy) is 2. The molecule has 2 amide bonds. The number of halogens is 1. The molecule has 39 heavy (non-hydrogen) atoms. The first-order valence-corrected chi connectivity index (χ1v) is 12.7. The Hall–Kier alpha value is -4.66. The second-order valence-corrected chi connectivity index (χ2v) is 9.40. The van der Waals surface area contributed by atoms with Gasteiger partial charge in [-0.1, -0.05) is 12.1 Å². The number of carbonyl (C=O) groups is 2. The maximum absolute atomic E-state index is 14.4. The van der Waals surface area contributed by atoms with E-state index >= 15 is 0 Å². The molecule has 200 valence electrons. The Morgan fingerprint density at radius 3 is 2.23 bits per heavy atom. The number of nitrogens with zero attached hydrogens (tertiary/aromatic N) is 3. The third kappa shape index (κ3) is 6.09. The minimum Gasteiger partial charge on any atom is -0.497 e. The molecule has 1 heterocycles. The van der Waals surface area contributed by atoms with Crippen molar-refractivity contribution in [2.45, 2.75) is 12.8 Å². The SMILES string of the molecule is COc1ccc(-c2cn(-c3ccc(OC)cc3)c(NC(=O)CN(CC3CC3)C(=O)c3ccccc3F)n2)cc1. The number of methoxy groups -OCH3 is 2. The lowest BCUT2D eigenvalue weighted by Crippen LogP contribution is -2.40. The highest BCUT2D eigenvalue weighted by Gasteiger charge is 2.30. The lowest BCUT2D eigenvalue weighted by atomic mass is 10.1. The van der Waals surface area contributed by atoms with Gasteiger partial charge in [0, 0.05) is 24.0 Å². The molecule has 8 nitrogen and oxygen atoms in total. The quantitative estimate of drug-likeness (QED) is 0.306. The standard InChI is InChI=1S/C30H29FN4O4/c1-38-23-13-9-21(10-14-23)27-18-35(22-11-15-24(39-2)16-12-22)30(32-27)33-28(36)19-34(17-20-7-8-20)29(37)25-5-3-4-6-26(25)31/h3-6,9-16,18,20H,7-8,17,19H2,1-2H3,(H,32,33,36). The van der Waals surface area contributed by atoms with Gasteiger partial charge in [0.05, 0.1) is 25.5 Å². The Labute approximate surface area is 226 Å². The van der Waals surface area contributed by atoms with Gasteiger partial charge >= 0.3 is 0 Å². The zero-order valence-electron chi connectivity index (χ0n) is 21.8. The van der Waals surface area contributed by atoms with Crippen molar-refractivity contribution in [2.24, 2.45) is 5.92 Å². The summed E-state index contributed by atoms with van der Waals surface area (Å²) >= 11 is 0. The van der Waals surface area contributed by atoms with Crippen LogP contribution < -0.4 is 14.8 Å². The lowest BCUT2D eigenvalue weighted by molar-refractivity contribution is -0.117. The largest absolute Gasteiger partial charge is 0.497 e. The Balaban J connectivity index is 1.42. The van der Waals surface area contributed by atoms with Gasteiger partial charge in [-0.15, -0.1) is 0 Å². The van der Waals surface area contributed by atoms with Crippen LogP contribution in [-0.2, 0) is 4.79 Å². The number of imidazole rings is 1. The van der Waals surface area contributed by atoms with Crippen LogP contribution in [0.5, 0.6) is 11.5 Å². The molecule has 0 bridgehead atoms. The normalized spacial score (nSPS) is 12.6. The Bertz CT molecular complexity index is 1460. The molecule has 1 aliphatic rings. The van der Waals surface area contributed by atoms with Gasteiger partial charge in [0.2, 0.25) is 11.9 Å². The van der Waals surface area contributed by atoms with Crippen LogP contribution in [0.4, 0.5) is 10.3 Å². The topological polar surface area (TPSA) is 85.7 Å². The molecule has 0 aliphatic heterocycles. The summed E-state index contributed by atoms with van der Waals surface area (Å²) in [5.74, 6) is 0.481. The fourth-order valence-electron chi connectivity index (χ4n) is 4.28. The van der Waals surface area contributed by atoms with Crippen molar-refractivity contribution in [3.05, 3.63) is 90.4 Å². The van der Waals surface area contributed by atoms with E-state index in [2.05, 4.69) is 10.3 Å². The van der Waals surface area contributed by atoms with Crippen LogP contribution in [0.1, 0.15) is 23.2 Å². The fraction of sp³-hybridized carbons (Fsp3) is 0.233. The first-order valence-electron chi connectivity index (χ1n) is 12.7. The average molecular weight is 529 g/mol. The van der Waals surface area contributed by atoms with E-state index in [4.69, 9.17) is 9.47 Å². The lowest BCUT2D eigenvalue weighted by Gasteiger charge is -2.22. The number of hydrogen-bond acceptors (Lipinski definition) is 5. The van der Waals surface area contributed by atoms with E-state index in [0.29, 0.717) is 29.9 Å². The molecular formula is C30H29FN4O4. The van der Waals surface area contributed by atoms with E-state index < -0.39 is 17.6 Å². The number of aromatic nitrogens is 2. The summed E-state index contributed by atoms with van der Waals surface area (Å²) in [5, 5.41) is 2.86. The van der Waals surface area contributed by atoms with E-state index in [1.165, 1.54) is 23.1 Å². The predicted molar refractivity (Wildman–Crippen MR) is 146 cm³/mol. The minimum atomic E-state index is -0.608. The van der Waals surface area contributed by atoms with Crippen molar-refractivity contribution in [1.82, 2.24) is 14.5 Å². The summed E-state index contributed by atoms with van der Waals surface area (Å²) in [6.07, 6.45) is 3.79. The maximum atomic E-state index is 14.4. The molecule has 0 spiro atoms. The van der Waals surface area contributed by atoms with Crippen molar-refractivity contribution in [3.63, 3.8) is 0 Å². The van der Waals surface area contributed by atoms with E-state index in [1.54, 1.807) is 24.9 Å². The van der Waals surface area contributed by atoms with Gasteiger partial charge < -0.3 is 14.4 Å². The molecule has 4 aromatic rings. The zero-order valence-corrected chi connectivity index (χ0v) is 21.8. The first kappa shape index (κ1) is 26.0. The molecule has 0 unspecified atom stereocenters. The van der Waals surface area contributed by atoms with Crippen molar-refractivity contribution in [3.8, 4) is 28.4 Å². The van der Waals surface area contributed by atoms with Crippen LogP contribution >= 0.6 is 0 Å². The molecular weight excluding hydrogens is 499 g/mol. The second-order valence-electron chi connectivity index (χ2n) is 9.40. The summed E-state index contributed by atoms with van der Waals surface area (Å²) < 4.78 is 26.7. The minimum absolute atomic E-state index is 0.0486. The molecule has 0 radical (unpaired) electrons. The van der Waals surface area contributed by atoms with Crippen molar-refractivity contribution < 1.29 is 23.5 Å². The molecule has 1 fully saturated rings. The van der Waals surface area contributed by atoms with Crippen LogP contribution in [0.15, 0.2) is 79.0 Å². The van der Waals surface area contributed by atoms with Gasteiger partial charge in [0.1, 0.15) is 23.9 Å². The third-order valence-corrected chi connectivity index (χ3v) is 6.59. The number of hydrogen-bond donors (Lipinski definition) is 1. The van der Waals surface area contributed by atoms with E-state index in [1.807, 2.05) is 54.7 Å². The Morgan fingerprint density at radius 1 is 0.974 bits per heavy atom. The van der Waals surface area contributed by atoms with E-state index in [0.717, 1.165) is 29.8 Å². The van der Waals surface area contributed by atoms with Crippen molar-refractivity contribution in [2.75, 3.05) is 32.6 Å². The molecule has 3 aromatic carbocycles. The van der Waals surface area contributed by atoms with Crippen LogP contribution in [0, 0.1) is 11.7 Å². The number of amides is 2. The molecule has 1 N–H and O–H groups in total. The third-order valence-electron chi connectivity index (χ3n) is 6.59. The highest BCUT2D eigenvalue weighted by molar-refractivity contribution is 5.99. The van der Waals surface area contributed by atoms with E-state index in [-0.39, 0.29) is 12.1 Å². The number of nitrogens with one attached hydrogen (secondary N) is 1. The molecule has 1 aromatic heterocycles. The summed E-state index contributed by atoms with van der Waals surface area (Å²) in [6.45, 7) is 0.168. The van der Waals surface area contributed by atoms with Gasteiger partial charge in [0.15, 0.2) is 0 Å². The molecule has 1 saturated carbocycles. The zero-order chi connectivity index (χ0) is 27.4. The number of anilines is 1. The molecule has 5 rings (SSSR count). The molecule has 9 heteroatoms. The monoisotopic (exact) mass is 528 g/mol. The predicted octanol–water partition coefficient (Wildman–Crippen LogP) is 5.19. The summed E-state index contributed by atoms with van der Waals surface area (Å²) in [6, 6.07) is 20.6. The Kier molecular flexibility index (Phi) is 7.58. The van der Waals surface area contributed by atoms with Crippen molar-refractivity contribution in [1.29, 1.82) is 0 Å². The maximum Gasteiger partial charge on any atom is 0.257 e. The van der Waals surface area contributed by atoms with Gasteiger partial charge in [0.25, 0.3) is 5.91 Å².